The summed E-state index contributed by atoms with van der Waals surface area (Å²) in [5.41, 5.74) is -0.589. The summed E-state index contributed by atoms with van der Waals surface area (Å²) in [6.45, 7) is 7.95. The van der Waals surface area contributed by atoms with Gasteiger partial charge in [-0.15, -0.1) is 0 Å². The number of carbonyl (C=O) groups is 2. The number of piperazine rings is 1. The maximum absolute atomic E-state index is 15.8. The molecular formula is C24H21ClF2N4O3. The highest BCUT2D eigenvalue weighted by atomic mass is 35.5. The van der Waals surface area contributed by atoms with Gasteiger partial charge in [0.05, 0.1) is 10.6 Å². The van der Waals surface area contributed by atoms with Crippen molar-refractivity contribution < 1.29 is 23.1 Å². The Bertz CT molecular complexity index is 1320. The van der Waals surface area contributed by atoms with Gasteiger partial charge in [-0.3, -0.25) is 9.59 Å². The largest absolute Gasteiger partial charge is 0.426 e. The first-order chi connectivity index (χ1) is 16.2. The van der Waals surface area contributed by atoms with Crippen LogP contribution < -0.4 is 9.64 Å². The standard InChI is InChI=1S/C24H21ClF2N4O3/c1-4-19(33)31-9-8-30(11-13(31)2)24-15-10-16(25)20(22(27)23(15)28-12-29-24)21-17(26)6-5-7-18(21)34-14(3)32/h4-7,10,12-13H,1,8-9,11H2,2-3H3. The van der Waals surface area contributed by atoms with E-state index in [1.165, 1.54) is 30.6 Å². The zero-order valence-electron chi connectivity index (χ0n) is 18.5. The van der Waals surface area contributed by atoms with Crippen molar-refractivity contribution in [1.29, 1.82) is 0 Å². The summed E-state index contributed by atoms with van der Waals surface area (Å²) >= 11 is 6.46. The van der Waals surface area contributed by atoms with Gasteiger partial charge in [-0.25, -0.2) is 18.7 Å². The van der Waals surface area contributed by atoms with Gasteiger partial charge in [0.15, 0.2) is 5.82 Å². The van der Waals surface area contributed by atoms with Crippen molar-refractivity contribution in [3.63, 3.8) is 0 Å². The fourth-order valence-corrected chi connectivity index (χ4v) is 4.47. The van der Waals surface area contributed by atoms with Crippen molar-refractivity contribution in [1.82, 2.24) is 14.9 Å². The smallest absolute Gasteiger partial charge is 0.308 e. The molecule has 1 saturated heterocycles. The molecule has 1 aliphatic rings. The highest BCUT2D eigenvalue weighted by molar-refractivity contribution is 6.34. The Morgan fingerprint density at radius 3 is 2.68 bits per heavy atom. The molecule has 2 aromatic carbocycles. The van der Waals surface area contributed by atoms with Gasteiger partial charge in [0.25, 0.3) is 0 Å². The number of benzene rings is 2. The quantitative estimate of drug-likeness (QED) is 0.309. The second-order valence-electron chi connectivity index (χ2n) is 7.88. The van der Waals surface area contributed by atoms with E-state index in [2.05, 4.69) is 16.5 Å². The van der Waals surface area contributed by atoms with Crippen LogP contribution in [0.2, 0.25) is 5.02 Å². The third-order valence-corrected chi connectivity index (χ3v) is 5.96. The molecule has 1 aromatic heterocycles. The molecule has 1 unspecified atom stereocenters. The molecule has 4 rings (SSSR count). The third-order valence-electron chi connectivity index (χ3n) is 5.66. The lowest BCUT2D eigenvalue weighted by molar-refractivity contribution is -0.132. The molecule has 0 bridgehead atoms. The second-order valence-corrected chi connectivity index (χ2v) is 8.29. The van der Waals surface area contributed by atoms with E-state index in [0.29, 0.717) is 30.8 Å². The Morgan fingerprint density at radius 1 is 1.24 bits per heavy atom. The van der Waals surface area contributed by atoms with Crippen LogP contribution in [0.15, 0.2) is 43.2 Å². The number of halogens is 3. The molecule has 10 heteroatoms. The van der Waals surface area contributed by atoms with Crippen molar-refractivity contribution in [2.24, 2.45) is 0 Å². The summed E-state index contributed by atoms with van der Waals surface area (Å²) < 4.78 is 35.7. The Balaban J connectivity index is 1.82. The maximum atomic E-state index is 15.8. The SMILES string of the molecule is C=CC(=O)N1CCN(c2ncnc3c(F)c(-c4c(F)cccc4OC(C)=O)c(Cl)cc23)CC1C. The van der Waals surface area contributed by atoms with Gasteiger partial charge in [0.1, 0.15) is 29.2 Å². The highest BCUT2D eigenvalue weighted by Gasteiger charge is 2.29. The first-order valence-corrected chi connectivity index (χ1v) is 10.9. The van der Waals surface area contributed by atoms with Crippen LogP contribution in [-0.4, -0.2) is 52.4 Å². The zero-order valence-corrected chi connectivity index (χ0v) is 19.3. The number of amides is 1. The Hall–Kier alpha value is -3.59. The molecule has 1 amide bonds. The van der Waals surface area contributed by atoms with E-state index in [4.69, 9.17) is 16.3 Å². The van der Waals surface area contributed by atoms with E-state index in [0.717, 1.165) is 13.0 Å². The van der Waals surface area contributed by atoms with Gasteiger partial charge >= 0.3 is 5.97 Å². The van der Waals surface area contributed by atoms with Gasteiger partial charge in [0, 0.05) is 43.5 Å². The second kappa shape index (κ2) is 9.34. The summed E-state index contributed by atoms with van der Waals surface area (Å²) in [6, 6.07) is 5.17. The number of fused-ring (bicyclic) bond motifs is 1. The zero-order chi connectivity index (χ0) is 24.6. The van der Waals surface area contributed by atoms with E-state index < -0.39 is 17.6 Å². The lowest BCUT2D eigenvalue weighted by Crippen LogP contribution is -2.54. The van der Waals surface area contributed by atoms with E-state index in [-0.39, 0.29) is 39.4 Å². The maximum Gasteiger partial charge on any atom is 0.308 e. The van der Waals surface area contributed by atoms with Crippen molar-refractivity contribution in [2.75, 3.05) is 24.5 Å². The fraction of sp³-hybridized carbons (Fsp3) is 0.250. The minimum atomic E-state index is -0.863. The number of anilines is 1. The van der Waals surface area contributed by atoms with Crippen LogP contribution in [0, 0.1) is 11.6 Å². The van der Waals surface area contributed by atoms with Gasteiger partial charge in [-0.1, -0.05) is 24.2 Å². The summed E-state index contributed by atoms with van der Waals surface area (Å²) in [5.74, 6) is -2.21. The Labute approximate surface area is 199 Å². The summed E-state index contributed by atoms with van der Waals surface area (Å²) in [5, 5.41) is 0.253. The number of hydrogen-bond acceptors (Lipinski definition) is 6. The van der Waals surface area contributed by atoms with Crippen molar-refractivity contribution >= 4 is 40.2 Å². The predicted octanol–water partition coefficient (Wildman–Crippen LogP) is 4.38. The van der Waals surface area contributed by atoms with Crippen LogP contribution in [0.4, 0.5) is 14.6 Å². The first kappa shape index (κ1) is 23.6. The fourth-order valence-electron chi connectivity index (χ4n) is 4.18. The average molecular weight is 487 g/mol. The number of aromatic nitrogens is 2. The van der Waals surface area contributed by atoms with Gasteiger partial charge in [-0.2, -0.15) is 0 Å². The summed E-state index contributed by atoms with van der Waals surface area (Å²) in [7, 11) is 0. The molecule has 1 aliphatic heterocycles. The van der Waals surface area contributed by atoms with Crippen LogP contribution >= 0.6 is 11.6 Å². The molecule has 0 N–H and O–H groups in total. The lowest BCUT2D eigenvalue weighted by Gasteiger charge is -2.40. The summed E-state index contributed by atoms with van der Waals surface area (Å²) in [6.07, 6.45) is 2.49. The first-order valence-electron chi connectivity index (χ1n) is 10.5. The number of rotatable bonds is 4. The average Bonchev–Trinajstić information content (AvgIpc) is 2.79. The number of ether oxygens (including phenoxy) is 1. The highest BCUT2D eigenvalue weighted by Crippen LogP contribution is 2.42. The molecular weight excluding hydrogens is 466 g/mol. The molecule has 1 atom stereocenters. The normalized spacial score (nSPS) is 16.0. The van der Waals surface area contributed by atoms with Crippen LogP contribution in [0.25, 0.3) is 22.0 Å². The number of esters is 1. The Morgan fingerprint density at radius 2 is 2.00 bits per heavy atom. The van der Waals surface area contributed by atoms with Gasteiger partial charge < -0.3 is 14.5 Å². The van der Waals surface area contributed by atoms with Crippen LogP contribution in [-0.2, 0) is 9.59 Å². The van der Waals surface area contributed by atoms with Crippen LogP contribution in [0.1, 0.15) is 13.8 Å². The monoisotopic (exact) mass is 486 g/mol. The molecule has 2 heterocycles. The van der Waals surface area contributed by atoms with E-state index in [9.17, 15) is 14.0 Å². The number of nitrogens with zero attached hydrogens (tertiary/aromatic N) is 4. The van der Waals surface area contributed by atoms with Crippen molar-refractivity contribution in [2.45, 2.75) is 19.9 Å². The Kier molecular flexibility index (Phi) is 6.47. The van der Waals surface area contributed by atoms with E-state index >= 15 is 4.39 Å². The molecule has 0 aliphatic carbocycles. The minimum absolute atomic E-state index is 0.0568. The third kappa shape index (κ3) is 4.19. The van der Waals surface area contributed by atoms with Gasteiger partial charge in [-0.05, 0) is 31.2 Å². The molecule has 3 aromatic rings. The molecule has 7 nitrogen and oxygen atoms in total. The molecule has 1 fully saturated rings. The topological polar surface area (TPSA) is 75.6 Å². The van der Waals surface area contributed by atoms with E-state index in [1.807, 2.05) is 11.8 Å². The molecule has 0 saturated carbocycles. The van der Waals surface area contributed by atoms with Crippen LogP contribution in [0.5, 0.6) is 5.75 Å². The molecule has 34 heavy (non-hydrogen) atoms. The van der Waals surface area contributed by atoms with Gasteiger partial charge in [0.2, 0.25) is 5.91 Å². The van der Waals surface area contributed by atoms with Crippen molar-refractivity contribution in [3.8, 4) is 16.9 Å². The van der Waals surface area contributed by atoms with E-state index in [1.54, 1.807) is 4.90 Å². The van der Waals surface area contributed by atoms with Crippen LogP contribution in [0.3, 0.4) is 0 Å². The number of hydrogen-bond donors (Lipinski definition) is 0. The minimum Gasteiger partial charge on any atom is -0.426 e. The predicted molar refractivity (Wildman–Crippen MR) is 125 cm³/mol. The lowest BCUT2D eigenvalue weighted by atomic mass is 10.0. The molecule has 176 valence electrons. The molecule has 0 spiro atoms. The van der Waals surface area contributed by atoms with Crippen molar-refractivity contribution in [3.05, 3.63) is 59.9 Å². The number of carbonyl (C=O) groups excluding carboxylic acids is 2. The molecule has 0 radical (unpaired) electrons. The summed E-state index contributed by atoms with van der Waals surface area (Å²) in [4.78, 5) is 35.6.